The van der Waals surface area contributed by atoms with Crippen LogP contribution in [0.3, 0.4) is 0 Å². The molecule has 0 fully saturated rings. The predicted molar refractivity (Wildman–Crippen MR) is 63.9 cm³/mol. The number of aliphatic hydroxyl groups excluding tert-OH is 2. The molecule has 0 rings (SSSR count). The highest BCUT2D eigenvalue weighted by atomic mass is 16.3. The van der Waals surface area contributed by atoms with Crippen molar-refractivity contribution in [3.63, 3.8) is 0 Å². The first-order valence-corrected chi connectivity index (χ1v) is 5.94. The van der Waals surface area contributed by atoms with Crippen LogP contribution in [0.15, 0.2) is 0 Å². The molecule has 2 unspecified atom stereocenters. The van der Waals surface area contributed by atoms with Gasteiger partial charge in [0.2, 0.25) is 0 Å². The second-order valence-electron chi connectivity index (χ2n) is 4.94. The first kappa shape index (κ1) is 14.9. The van der Waals surface area contributed by atoms with Gasteiger partial charge in [-0.25, -0.2) is 0 Å². The molecule has 3 heteroatoms. The van der Waals surface area contributed by atoms with E-state index in [0.717, 1.165) is 0 Å². The zero-order valence-electron chi connectivity index (χ0n) is 10.8. The van der Waals surface area contributed by atoms with Gasteiger partial charge < -0.3 is 10.2 Å². The van der Waals surface area contributed by atoms with Gasteiger partial charge >= 0.3 is 0 Å². The van der Waals surface area contributed by atoms with Crippen molar-refractivity contribution in [3.8, 4) is 0 Å². The molecule has 0 radical (unpaired) electrons. The van der Waals surface area contributed by atoms with Gasteiger partial charge in [-0.2, -0.15) is 0 Å². The quantitative estimate of drug-likeness (QED) is 0.679. The first-order chi connectivity index (χ1) is 6.90. The molecule has 2 N–H and O–H groups in total. The van der Waals surface area contributed by atoms with Gasteiger partial charge in [-0.1, -0.05) is 6.92 Å². The van der Waals surface area contributed by atoms with Gasteiger partial charge in [0, 0.05) is 25.2 Å². The molecule has 2 atom stereocenters. The van der Waals surface area contributed by atoms with Gasteiger partial charge in [-0.3, -0.25) is 4.90 Å². The minimum atomic E-state index is -0.345. The van der Waals surface area contributed by atoms with Gasteiger partial charge in [0.15, 0.2) is 0 Å². The van der Waals surface area contributed by atoms with E-state index in [1.54, 1.807) is 0 Å². The standard InChI is InChI=1S/C12H27NO2/c1-9(2)13(10(3)4)8-12(15)11(5)6-7-14/h9-12,14-15H,6-8H2,1-5H3. The summed E-state index contributed by atoms with van der Waals surface area (Å²) in [6.07, 6.45) is 0.326. The van der Waals surface area contributed by atoms with Crippen LogP contribution in [0, 0.1) is 5.92 Å². The summed E-state index contributed by atoms with van der Waals surface area (Å²) in [6.45, 7) is 11.4. The van der Waals surface area contributed by atoms with Gasteiger partial charge in [-0.05, 0) is 40.0 Å². The van der Waals surface area contributed by atoms with Crippen LogP contribution in [0.5, 0.6) is 0 Å². The Morgan fingerprint density at radius 2 is 1.47 bits per heavy atom. The molecule has 0 aromatic heterocycles. The molecule has 0 aliphatic carbocycles. The number of aliphatic hydroxyl groups is 2. The summed E-state index contributed by atoms with van der Waals surface area (Å²) in [4.78, 5) is 2.28. The summed E-state index contributed by atoms with van der Waals surface area (Å²) in [5.41, 5.74) is 0. The minimum absolute atomic E-state index is 0.154. The second kappa shape index (κ2) is 7.20. The Balaban J connectivity index is 4.16. The maximum atomic E-state index is 9.96. The third-order valence-electron chi connectivity index (χ3n) is 2.97. The third kappa shape index (κ3) is 5.50. The van der Waals surface area contributed by atoms with Crippen LogP contribution < -0.4 is 0 Å². The van der Waals surface area contributed by atoms with Gasteiger partial charge in [0.25, 0.3) is 0 Å². The Morgan fingerprint density at radius 3 is 1.80 bits per heavy atom. The topological polar surface area (TPSA) is 43.7 Å². The van der Waals surface area contributed by atoms with E-state index in [1.165, 1.54) is 0 Å². The Labute approximate surface area is 94.1 Å². The molecule has 0 amide bonds. The maximum absolute atomic E-state index is 9.96. The molecular weight excluding hydrogens is 190 g/mol. The molecule has 0 bridgehead atoms. The largest absolute Gasteiger partial charge is 0.396 e. The number of hydrogen-bond donors (Lipinski definition) is 2. The molecule has 92 valence electrons. The summed E-state index contributed by atoms with van der Waals surface area (Å²) in [6, 6.07) is 0.891. The van der Waals surface area contributed by atoms with Crippen molar-refractivity contribution in [2.24, 2.45) is 5.92 Å². The lowest BCUT2D eigenvalue weighted by Crippen LogP contribution is -2.44. The van der Waals surface area contributed by atoms with Crippen LogP contribution in [0.1, 0.15) is 41.0 Å². The van der Waals surface area contributed by atoms with Crippen molar-refractivity contribution in [2.75, 3.05) is 13.2 Å². The molecule has 0 spiro atoms. The average molecular weight is 217 g/mol. The SMILES string of the molecule is CC(CCO)C(O)CN(C(C)C)C(C)C. The maximum Gasteiger partial charge on any atom is 0.0693 e. The van der Waals surface area contributed by atoms with Crippen molar-refractivity contribution in [1.82, 2.24) is 4.90 Å². The summed E-state index contributed by atoms with van der Waals surface area (Å²) < 4.78 is 0. The van der Waals surface area contributed by atoms with Crippen molar-refractivity contribution in [1.29, 1.82) is 0 Å². The monoisotopic (exact) mass is 217 g/mol. The van der Waals surface area contributed by atoms with Crippen LogP contribution >= 0.6 is 0 Å². The molecule has 0 heterocycles. The Bertz CT molecular complexity index is 152. The van der Waals surface area contributed by atoms with E-state index in [4.69, 9.17) is 5.11 Å². The van der Waals surface area contributed by atoms with Crippen molar-refractivity contribution in [3.05, 3.63) is 0 Å². The van der Waals surface area contributed by atoms with Crippen molar-refractivity contribution >= 4 is 0 Å². The van der Waals surface area contributed by atoms with Gasteiger partial charge in [0.05, 0.1) is 6.10 Å². The molecule has 0 aromatic rings. The lowest BCUT2D eigenvalue weighted by atomic mass is 10.00. The smallest absolute Gasteiger partial charge is 0.0693 e. The fourth-order valence-corrected chi connectivity index (χ4v) is 1.81. The van der Waals surface area contributed by atoms with Crippen LogP contribution in [-0.2, 0) is 0 Å². The summed E-state index contributed by atoms with van der Waals surface area (Å²) in [5, 5.41) is 18.8. The van der Waals surface area contributed by atoms with E-state index in [-0.39, 0.29) is 18.6 Å². The van der Waals surface area contributed by atoms with Crippen LogP contribution in [0.2, 0.25) is 0 Å². The predicted octanol–water partition coefficient (Wildman–Crippen LogP) is 1.48. The van der Waals surface area contributed by atoms with Crippen molar-refractivity contribution < 1.29 is 10.2 Å². The lowest BCUT2D eigenvalue weighted by molar-refractivity contribution is 0.0361. The van der Waals surface area contributed by atoms with Crippen LogP contribution in [0.25, 0.3) is 0 Å². The highest BCUT2D eigenvalue weighted by Gasteiger charge is 2.21. The van der Waals surface area contributed by atoms with Gasteiger partial charge in [0.1, 0.15) is 0 Å². The normalized spacial score (nSPS) is 16.4. The highest BCUT2D eigenvalue weighted by Crippen LogP contribution is 2.13. The second-order valence-corrected chi connectivity index (χ2v) is 4.94. The summed E-state index contributed by atoms with van der Waals surface area (Å²) in [7, 11) is 0. The Morgan fingerprint density at radius 1 is 1.00 bits per heavy atom. The number of nitrogens with zero attached hydrogens (tertiary/aromatic N) is 1. The summed E-state index contributed by atoms with van der Waals surface area (Å²) in [5.74, 6) is 0.162. The van der Waals surface area contributed by atoms with E-state index in [0.29, 0.717) is 25.0 Å². The van der Waals surface area contributed by atoms with E-state index in [1.807, 2.05) is 6.92 Å². The molecular formula is C12H27NO2. The molecule has 15 heavy (non-hydrogen) atoms. The van der Waals surface area contributed by atoms with E-state index in [9.17, 15) is 5.11 Å². The lowest BCUT2D eigenvalue weighted by Gasteiger charge is -2.34. The fourth-order valence-electron chi connectivity index (χ4n) is 1.81. The van der Waals surface area contributed by atoms with E-state index >= 15 is 0 Å². The number of rotatable bonds is 7. The first-order valence-electron chi connectivity index (χ1n) is 5.94. The van der Waals surface area contributed by atoms with E-state index in [2.05, 4.69) is 32.6 Å². The molecule has 0 saturated heterocycles. The average Bonchev–Trinajstić information content (AvgIpc) is 2.12. The molecule has 0 aromatic carbocycles. The molecule has 0 aliphatic rings. The van der Waals surface area contributed by atoms with Crippen LogP contribution in [0.4, 0.5) is 0 Å². The molecule has 0 aliphatic heterocycles. The molecule has 3 nitrogen and oxygen atoms in total. The third-order valence-corrected chi connectivity index (χ3v) is 2.97. The van der Waals surface area contributed by atoms with Crippen molar-refractivity contribution in [2.45, 2.75) is 59.2 Å². The minimum Gasteiger partial charge on any atom is -0.396 e. The Hall–Kier alpha value is -0.120. The van der Waals surface area contributed by atoms with Gasteiger partial charge in [-0.15, -0.1) is 0 Å². The summed E-state index contributed by atoms with van der Waals surface area (Å²) >= 11 is 0. The number of hydrogen-bond acceptors (Lipinski definition) is 3. The Kier molecular flexibility index (Phi) is 7.14. The highest BCUT2D eigenvalue weighted by molar-refractivity contribution is 4.74. The fraction of sp³-hybridized carbons (Fsp3) is 1.00. The zero-order valence-corrected chi connectivity index (χ0v) is 10.8. The zero-order chi connectivity index (χ0) is 12.0. The molecule has 0 saturated carbocycles. The van der Waals surface area contributed by atoms with E-state index < -0.39 is 0 Å². The van der Waals surface area contributed by atoms with Crippen LogP contribution in [-0.4, -0.2) is 46.5 Å².